The highest BCUT2D eigenvalue weighted by Gasteiger charge is 2.16. The summed E-state index contributed by atoms with van der Waals surface area (Å²) in [5.74, 6) is -0.368. The van der Waals surface area contributed by atoms with Crippen molar-refractivity contribution in [3.05, 3.63) is 69.1 Å². The van der Waals surface area contributed by atoms with Gasteiger partial charge in [0, 0.05) is 23.3 Å². The summed E-state index contributed by atoms with van der Waals surface area (Å²) in [6.07, 6.45) is 3.05. The van der Waals surface area contributed by atoms with Gasteiger partial charge in [-0.15, -0.1) is 11.3 Å². The molecular weight excluding hydrogens is 322 g/mol. The van der Waals surface area contributed by atoms with E-state index in [0.717, 1.165) is 18.5 Å². The molecule has 0 unspecified atom stereocenters. The summed E-state index contributed by atoms with van der Waals surface area (Å²) in [5, 5.41) is 4.75. The van der Waals surface area contributed by atoms with E-state index >= 15 is 0 Å². The minimum atomic E-state index is -0.368. The Bertz CT molecular complexity index is 915. The number of hydrogen-bond acceptors (Lipinski definition) is 4. The molecule has 0 spiro atoms. The summed E-state index contributed by atoms with van der Waals surface area (Å²) in [7, 11) is 0. The van der Waals surface area contributed by atoms with E-state index in [0.29, 0.717) is 4.96 Å². The summed E-state index contributed by atoms with van der Waals surface area (Å²) in [6, 6.07) is 10.1. The van der Waals surface area contributed by atoms with Crippen molar-refractivity contribution in [3.8, 4) is 0 Å². The average Bonchev–Trinajstić information content (AvgIpc) is 2.96. The number of fused-ring (bicyclic) bond motifs is 1. The fraction of sp³-hybridized carbons (Fsp3) is 0.278. The van der Waals surface area contributed by atoms with E-state index in [1.54, 1.807) is 0 Å². The fourth-order valence-electron chi connectivity index (χ4n) is 2.58. The average molecular weight is 341 g/mol. The Morgan fingerprint density at radius 1 is 1.33 bits per heavy atom. The third-order valence-corrected chi connectivity index (χ3v) is 4.91. The maximum atomic E-state index is 12.5. The zero-order chi connectivity index (χ0) is 17.1. The number of amides is 1. The lowest BCUT2D eigenvalue weighted by Gasteiger charge is -2.13. The lowest BCUT2D eigenvalue weighted by atomic mass is 10.1. The minimum Gasteiger partial charge on any atom is -0.349 e. The smallest absolute Gasteiger partial charge is 0.271 e. The van der Waals surface area contributed by atoms with Crippen LogP contribution >= 0.6 is 11.3 Å². The summed E-state index contributed by atoms with van der Waals surface area (Å²) in [6.45, 7) is 3.77. The van der Waals surface area contributed by atoms with Crippen molar-refractivity contribution in [1.82, 2.24) is 14.7 Å². The Hall–Kier alpha value is -2.47. The van der Waals surface area contributed by atoms with Crippen molar-refractivity contribution in [3.63, 3.8) is 0 Å². The van der Waals surface area contributed by atoms with E-state index in [1.807, 2.05) is 37.4 Å². The van der Waals surface area contributed by atoms with Crippen molar-refractivity contribution in [2.75, 3.05) is 0 Å². The van der Waals surface area contributed by atoms with Crippen LogP contribution in [0.1, 0.15) is 35.0 Å². The molecule has 2 heterocycles. The van der Waals surface area contributed by atoms with Gasteiger partial charge in [0.1, 0.15) is 5.56 Å². The topological polar surface area (TPSA) is 63.5 Å². The molecule has 0 aliphatic heterocycles. The molecule has 6 heteroatoms. The predicted octanol–water partition coefficient (Wildman–Crippen LogP) is 2.82. The lowest BCUT2D eigenvalue weighted by molar-refractivity contribution is 0.0936. The standard InChI is InChI=1S/C18H19N3O2S/c1-12(8-9-14-6-4-3-5-7-14)20-16(22)15-10-19-18-21(17(15)23)13(2)11-24-18/h3-7,10-12H,8-9H2,1-2H3,(H,20,22)/t12-/m0/s1. The zero-order valence-corrected chi connectivity index (χ0v) is 14.5. The van der Waals surface area contributed by atoms with Gasteiger partial charge in [-0.2, -0.15) is 0 Å². The molecule has 5 nitrogen and oxygen atoms in total. The molecule has 1 aromatic carbocycles. The maximum absolute atomic E-state index is 12.5. The molecule has 1 amide bonds. The summed E-state index contributed by atoms with van der Waals surface area (Å²) in [5.41, 5.74) is 1.79. The van der Waals surface area contributed by atoms with Gasteiger partial charge in [0.05, 0.1) is 0 Å². The van der Waals surface area contributed by atoms with Gasteiger partial charge >= 0.3 is 0 Å². The quantitative estimate of drug-likeness (QED) is 0.776. The normalized spacial score (nSPS) is 12.2. The molecule has 24 heavy (non-hydrogen) atoms. The number of nitrogens with zero attached hydrogens (tertiary/aromatic N) is 2. The van der Waals surface area contributed by atoms with Crippen molar-refractivity contribution in [2.24, 2.45) is 0 Å². The molecule has 3 rings (SSSR count). The van der Waals surface area contributed by atoms with E-state index in [4.69, 9.17) is 0 Å². The maximum Gasteiger partial charge on any atom is 0.271 e. The van der Waals surface area contributed by atoms with E-state index in [9.17, 15) is 9.59 Å². The molecule has 0 radical (unpaired) electrons. The highest BCUT2D eigenvalue weighted by molar-refractivity contribution is 7.15. The van der Waals surface area contributed by atoms with Crippen LogP contribution in [0.2, 0.25) is 0 Å². The van der Waals surface area contributed by atoms with Crippen LogP contribution in [0.4, 0.5) is 0 Å². The van der Waals surface area contributed by atoms with Gasteiger partial charge in [-0.25, -0.2) is 4.98 Å². The monoisotopic (exact) mass is 341 g/mol. The molecule has 3 aromatic rings. The van der Waals surface area contributed by atoms with Gasteiger partial charge in [0.2, 0.25) is 0 Å². The second-order valence-corrected chi connectivity index (χ2v) is 6.71. The van der Waals surface area contributed by atoms with Crippen LogP contribution in [0.25, 0.3) is 4.96 Å². The van der Waals surface area contributed by atoms with E-state index in [1.165, 1.54) is 27.5 Å². The minimum absolute atomic E-state index is 0.0265. The lowest BCUT2D eigenvalue weighted by Crippen LogP contribution is -2.37. The number of nitrogens with one attached hydrogen (secondary N) is 1. The fourth-order valence-corrected chi connectivity index (χ4v) is 3.41. The van der Waals surface area contributed by atoms with Gasteiger partial charge in [-0.3, -0.25) is 14.0 Å². The van der Waals surface area contributed by atoms with Crippen molar-refractivity contribution in [2.45, 2.75) is 32.7 Å². The first-order valence-electron chi connectivity index (χ1n) is 7.87. The summed E-state index contributed by atoms with van der Waals surface area (Å²) < 4.78 is 1.48. The van der Waals surface area contributed by atoms with Gasteiger partial charge in [-0.1, -0.05) is 30.3 Å². The largest absolute Gasteiger partial charge is 0.349 e. The van der Waals surface area contributed by atoms with Crippen LogP contribution in [0.5, 0.6) is 0 Å². The van der Waals surface area contributed by atoms with Crippen molar-refractivity contribution < 1.29 is 4.79 Å². The van der Waals surface area contributed by atoms with Gasteiger partial charge < -0.3 is 5.32 Å². The third-order valence-electron chi connectivity index (χ3n) is 3.95. The molecular formula is C18H19N3O2S. The van der Waals surface area contributed by atoms with Gasteiger partial charge in [0.25, 0.3) is 11.5 Å². The number of rotatable bonds is 5. The molecule has 124 valence electrons. The Morgan fingerprint density at radius 3 is 2.83 bits per heavy atom. The summed E-state index contributed by atoms with van der Waals surface area (Å²) in [4.78, 5) is 29.7. The first-order valence-corrected chi connectivity index (χ1v) is 8.75. The second-order valence-electron chi connectivity index (χ2n) is 5.87. The highest BCUT2D eigenvalue weighted by Crippen LogP contribution is 2.11. The molecule has 0 saturated carbocycles. The Morgan fingerprint density at radius 2 is 2.08 bits per heavy atom. The molecule has 0 bridgehead atoms. The van der Waals surface area contributed by atoms with Gasteiger partial charge in [0.15, 0.2) is 4.96 Å². The third kappa shape index (κ3) is 3.38. The number of hydrogen-bond donors (Lipinski definition) is 1. The van der Waals surface area contributed by atoms with E-state index < -0.39 is 0 Å². The van der Waals surface area contributed by atoms with Crippen LogP contribution in [0, 0.1) is 6.92 Å². The molecule has 0 fully saturated rings. The van der Waals surface area contributed by atoms with Crippen LogP contribution in [0.3, 0.4) is 0 Å². The number of thiazole rings is 1. The number of carbonyl (C=O) groups is 1. The highest BCUT2D eigenvalue weighted by atomic mass is 32.1. The number of carbonyl (C=O) groups excluding carboxylic acids is 1. The number of aromatic nitrogens is 2. The number of aryl methyl sites for hydroxylation is 2. The second kappa shape index (κ2) is 6.97. The molecule has 2 aromatic heterocycles. The first-order chi connectivity index (χ1) is 11.6. The molecule has 0 saturated heterocycles. The van der Waals surface area contributed by atoms with Crippen molar-refractivity contribution in [1.29, 1.82) is 0 Å². The summed E-state index contributed by atoms with van der Waals surface area (Å²) >= 11 is 1.39. The Balaban J connectivity index is 1.69. The van der Waals surface area contributed by atoms with Crippen LogP contribution in [0.15, 0.2) is 46.7 Å². The van der Waals surface area contributed by atoms with Crippen LogP contribution in [-0.4, -0.2) is 21.3 Å². The SMILES string of the molecule is Cc1csc2ncc(C(=O)N[C@@H](C)CCc3ccccc3)c(=O)n12. The molecule has 0 aliphatic rings. The van der Waals surface area contributed by atoms with Gasteiger partial charge in [-0.05, 0) is 32.3 Å². The van der Waals surface area contributed by atoms with Crippen LogP contribution < -0.4 is 10.9 Å². The van der Waals surface area contributed by atoms with E-state index in [2.05, 4.69) is 22.4 Å². The predicted molar refractivity (Wildman–Crippen MR) is 95.8 cm³/mol. The van der Waals surface area contributed by atoms with Crippen molar-refractivity contribution >= 4 is 22.2 Å². The molecule has 1 N–H and O–H groups in total. The number of benzene rings is 1. The first kappa shape index (κ1) is 16.4. The zero-order valence-electron chi connectivity index (χ0n) is 13.7. The van der Waals surface area contributed by atoms with Crippen LogP contribution in [-0.2, 0) is 6.42 Å². The molecule has 0 aliphatic carbocycles. The Kier molecular flexibility index (Phi) is 4.76. The van der Waals surface area contributed by atoms with E-state index in [-0.39, 0.29) is 23.1 Å². The molecule has 1 atom stereocenters. The Labute approximate surface area is 144 Å².